The van der Waals surface area contributed by atoms with Gasteiger partial charge in [0, 0.05) is 13.1 Å². The van der Waals surface area contributed by atoms with Crippen molar-refractivity contribution < 1.29 is 9.18 Å². The number of nitrogens with one attached hydrogen (secondary N) is 2. The molecule has 0 spiro atoms. The standard InChI is InChI=1S/C12H17FN2O/c1-8-4-5-10(6-11(8)13)9(2)15-7-12(16)14-3/h4-6,9,15H,7H2,1-3H3,(H,14,16). The molecule has 1 atom stereocenters. The fraction of sp³-hybridized carbons (Fsp3) is 0.417. The highest BCUT2D eigenvalue weighted by molar-refractivity contribution is 5.77. The van der Waals surface area contributed by atoms with Gasteiger partial charge in [0.05, 0.1) is 6.54 Å². The van der Waals surface area contributed by atoms with Crippen LogP contribution in [0.4, 0.5) is 4.39 Å². The summed E-state index contributed by atoms with van der Waals surface area (Å²) in [5.74, 6) is -0.300. The number of carbonyl (C=O) groups excluding carboxylic acids is 1. The SMILES string of the molecule is CNC(=O)CNC(C)c1ccc(C)c(F)c1. The van der Waals surface area contributed by atoms with Crippen LogP contribution in [0.1, 0.15) is 24.1 Å². The van der Waals surface area contributed by atoms with E-state index in [1.54, 1.807) is 20.0 Å². The van der Waals surface area contributed by atoms with Gasteiger partial charge in [-0.25, -0.2) is 4.39 Å². The molecule has 88 valence electrons. The van der Waals surface area contributed by atoms with Crippen LogP contribution >= 0.6 is 0 Å². The molecule has 2 N–H and O–H groups in total. The summed E-state index contributed by atoms with van der Waals surface area (Å²) in [4.78, 5) is 11.0. The lowest BCUT2D eigenvalue weighted by Crippen LogP contribution is -2.32. The van der Waals surface area contributed by atoms with Gasteiger partial charge in [0.15, 0.2) is 0 Å². The molecule has 0 saturated carbocycles. The van der Waals surface area contributed by atoms with Gasteiger partial charge in [0.1, 0.15) is 5.82 Å². The topological polar surface area (TPSA) is 41.1 Å². The van der Waals surface area contributed by atoms with Crippen LogP contribution in [0.25, 0.3) is 0 Å². The summed E-state index contributed by atoms with van der Waals surface area (Å²) >= 11 is 0. The Morgan fingerprint density at radius 3 is 2.75 bits per heavy atom. The molecule has 1 unspecified atom stereocenters. The van der Waals surface area contributed by atoms with Crippen LogP contribution in [0.3, 0.4) is 0 Å². The Morgan fingerprint density at radius 2 is 2.19 bits per heavy atom. The van der Waals surface area contributed by atoms with Gasteiger partial charge in [-0.1, -0.05) is 12.1 Å². The first-order valence-electron chi connectivity index (χ1n) is 5.24. The summed E-state index contributed by atoms with van der Waals surface area (Å²) in [7, 11) is 1.58. The van der Waals surface area contributed by atoms with Gasteiger partial charge in [-0.3, -0.25) is 4.79 Å². The van der Waals surface area contributed by atoms with Crippen molar-refractivity contribution in [1.29, 1.82) is 0 Å². The molecule has 0 aliphatic carbocycles. The molecule has 0 saturated heterocycles. The van der Waals surface area contributed by atoms with E-state index in [-0.39, 0.29) is 24.3 Å². The minimum absolute atomic E-state index is 0.0487. The van der Waals surface area contributed by atoms with Crippen LogP contribution in [0.5, 0.6) is 0 Å². The molecule has 1 aromatic carbocycles. The average molecular weight is 224 g/mol. The van der Waals surface area contributed by atoms with Crippen LogP contribution < -0.4 is 10.6 Å². The molecular weight excluding hydrogens is 207 g/mol. The predicted octanol–water partition coefficient (Wildman–Crippen LogP) is 1.53. The summed E-state index contributed by atoms with van der Waals surface area (Å²) in [6, 6.07) is 5.05. The molecule has 0 radical (unpaired) electrons. The Balaban J connectivity index is 2.62. The summed E-state index contributed by atoms with van der Waals surface area (Å²) in [6.45, 7) is 3.85. The van der Waals surface area contributed by atoms with Crippen LogP contribution in [-0.2, 0) is 4.79 Å². The van der Waals surface area contributed by atoms with E-state index in [1.165, 1.54) is 6.07 Å². The zero-order valence-electron chi connectivity index (χ0n) is 9.80. The molecular formula is C12H17FN2O. The van der Waals surface area contributed by atoms with E-state index in [0.29, 0.717) is 5.56 Å². The van der Waals surface area contributed by atoms with Crippen molar-refractivity contribution >= 4 is 5.91 Å². The molecule has 0 aliphatic rings. The second-order valence-electron chi connectivity index (χ2n) is 3.78. The average Bonchev–Trinajstić information content (AvgIpc) is 2.29. The van der Waals surface area contributed by atoms with Gasteiger partial charge in [-0.05, 0) is 31.0 Å². The third-order valence-electron chi connectivity index (χ3n) is 2.54. The Morgan fingerprint density at radius 1 is 1.50 bits per heavy atom. The predicted molar refractivity (Wildman–Crippen MR) is 61.6 cm³/mol. The first kappa shape index (κ1) is 12.6. The molecule has 4 heteroatoms. The molecule has 1 amide bonds. The van der Waals surface area contributed by atoms with Gasteiger partial charge in [0.2, 0.25) is 5.91 Å². The van der Waals surface area contributed by atoms with E-state index >= 15 is 0 Å². The number of benzene rings is 1. The lowest BCUT2D eigenvalue weighted by molar-refractivity contribution is -0.119. The van der Waals surface area contributed by atoms with Crippen molar-refractivity contribution in [2.75, 3.05) is 13.6 Å². The third-order valence-corrected chi connectivity index (χ3v) is 2.54. The normalized spacial score (nSPS) is 12.2. The van der Waals surface area contributed by atoms with Gasteiger partial charge < -0.3 is 10.6 Å². The van der Waals surface area contributed by atoms with Crippen molar-refractivity contribution in [3.63, 3.8) is 0 Å². The minimum Gasteiger partial charge on any atom is -0.358 e. The van der Waals surface area contributed by atoms with Crippen LogP contribution in [-0.4, -0.2) is 19.5 Å². The molecule has 0 heterocycles. The monoisotopic (exact) mass is 224 g/mol. The molecule has 3 nitrogen and oxygen atoms in total. The van der Waals surface area contributed by atoms with Gasteiger partial charge >= 0.3 is 0 Å². The largest absolute Gasteiger partial charge is 0.358 e. The molecule has 0 aromatic heterocycles. The van der Waals surface area contributed by atoms with Gasteiger partial charge in [-0.15, -0.1) is 0 Å². The zero-order valence-corrected chi connectivity index (χ0v) is 9.80. The highest BCUT2D eigenvalue weighted by Gasteiger charge is 2.08. The van der Waals surface area contributed by atoms with E-state index in [9.17, 15) is 9.18 Å². The number of amides is 1. The minimum atomic E-state index is -0.217. The second kappa shape index (κ2) is 5.61. The van der Waals surface area contributed by atoms with Crippen molar-refractivity contribution in [2.24, 2.45) is 0 Å². The summed E-state index contributed by atoms with van der Waals surface area (Å²) in [5.41, 5.74) is 1.47. The number of aryl methyl sites for hydroxylation is 1. The first-order chi connectivity index (χ1) is 7.54. The molecule has 1 rings (SSSR count). The Kier molecular flexibility index (Phi) is 4.43. The number of hydrogen-bond donors (Lipinski definition) is 2. The van der Waals surface area contributed by atoms with E-state index in [4.69, 9.17) is 0 Å². The van der Waals surface area contributed by atoms with E-state index in [0.717, 1.165) is 5.56 Å². The van der Waals surface area contributed by atoms with Crippen molar-refractivity contribution in [1.82, 2.24) is 10.6 Å². The molecule has 0 bridgehead atoms. The second-order valence-corrected chi connectivity index (χ2v) is 3.78. The number of hydrogen-bond acceptors (Lipinski definition) is 2. The highest BCUT2D eigenvalue weighted by atomic mass is 19.1. The molecule has 1 aromatic rings. The van der Waals surface area contributed by atoms with Gasteiger partial charge in [-0.2, -0.15) is 0 Å². The third kappa shape index (κ3) is 3.31. The van der Waals surface area contributed by atoms with Crippen molar-refractivity contribution in [2.45, 2.75) is 19.9 Å². The number of likely N-dealkylation sites (N-methyl/N-ethyl adjacent to an activating group) is 1. The molecule has 0 aliphatic heterocycles. The molecule has 16 heavy (non-hydrogen) atoms. The lowest BCUT2D eigenvalue weighted by atomic mass is 10.1. The van der Waals surface area contributed by atoms with E-state index < -0.39 is 0 Å². The quantitative estimate of drug-likeness (QED) is 0.814. The highest BCUT2D eigenvalue weighted by Crippen LogP contribution is 2.15. The van der Waals surface area contributed by atoms with Crippen molar-refractivity contribution in [3.8, 4) is 0 Å². The lowest BCUT2D eigenvalue weighted by Gasteiger charge is -2.14. The van der Waals surface area contributed by atoms with E-state index in [2.05, 4.69) is 10.6 Å². The smallest absolute Gasteiger partial charge is 0.233 e. The maximum Gasteiger partial charge on any atom is 0.233 e. The Bertz CT molecular complexity index is 379. The Hall–Kier alpha value is -1.42. The maximum absolute atomic E-state index is 13.3. The molecule has 0 fully saturated rings. The number of rotatable bonds is 4. The summed E-state index contributed by atoms with van der Waals surface area (Å²) < 4.78 is 13.3. The van der Waals surface area contributed by atoms with Crippen LogP contribution in [0.15, 0.2) is 18.2 Å². The first-order valence-corrected chi connectivity index (χ1v) is 5.24. The van der Waals surface area contributed by atoms with Crippen LogP contribution in [0, 0.1) is 12.7 Å². The Labute approximate surface area is 95.0 Å². The fourth-order valence-corrected chi connectivity index (χ4v) is 1.33. The summed E-state index contributed by atoms with van der Waals surface area (Å²) in [5, 5.41) is 5.53. The van der Waals surface area contributed by atoms with Gasteiger partial charge in [0.25, 0.3) is 0 Å². The fourth-order valence-electron chi connectivity index (χ4n) is 1.33. The maximum atomic E-state index is 13.3. The van der Waals surface area contributed by atoms with Crippen molar-refractivity contribution in [3.05, 3.63) is 35.1 Å². The zero-order chi connectivity index (χ0) is 12.1. The van der Waals surface area contributed by atoms with Crippen LogP contribution in [0.2, 0.25) is 0 Å². The number of carbonyl (C=O) groups is 1. The number of halogens is 1. The summed E-state index contributed by atoms with van der Waals surface area (Å²) in [6.07, 6.45) is 0. The van der Waals surface area contributed by atoms with E-state index in [1.807, 2.05) is 13.0 Å².